The summed E-state index contributed by atoms with van der Waals surface area (Å²) in [5.74, 6) is -4.12. The molecule has 0 radical (unpaired) electrons. The van der Waals surface area contributed by atoms with Crippen molar-refractivity contribution < 1.29 is 26.8 Å². The number of piperidine rings is 1. The molecule has 0 atom stereocenters. The number of nitrogens with one attached hydrogen (secondary N) is 1. The smallest absolute Gasteiger partial charge is 0.276 e. The molecule has 3 heterocycles. The lowest BCUT2D eigenvalue weighted by Crippen LogP contribution is -2.40. The molecule has 0 bridgehead atoms. The first-order valence-electron chi connectivity index (χ1n) is 15.4. The second kappa shape index (κ2) is 13.7. The molecule has 0 unspecified atom stereocenters. The van der Waals surface area contributed by atoms with Gasteiger partial charge in [-0.1, -0.05) is 11.6 Å². The number of carbonyl (C=O) groups excluding carboxylic acids is 2. The van der Waals surface area contributed by atoms with Crippen LogP contribution in [0.15, 0.2) is 41.3 Å². The van der Waals surface area contributed by atoms with Crippen LogP contribution in [0.25, 0.3) is 0 Å². The van der Waals surface area contributed by atoms with Crippen LogP contribution < -0.4 is 20.9 Å². The zero-order valence-electron chi connectivity index (χ0n) is 24.7. The highest BCUT2D eigenvalue weighted by molar-refractivity contribution is 7.92. The van der Waals surface area contributed by atoms with Crippen molar-refractivity contribution >= 4 is 44.8 Å². The van der Waals surface area contributed by atoms with Gasteiger partial charge >= 0.3 is 0 Å². The van der Waals surface area contributed by atoms with E-state index < -0.39 is 26.9 Å². The summed E-state index contributed by atoms with van der Waals surface area (Å²) in [5.41, 5.74) is 5.95. The molecule has 13 heteroatoms. The molecule has 3 fully saturated rings. The molecule has 44 heavy (non-hydrogen) atoms. The summed E-state index contributed by atoms with van der Waals surface area (Å²) in [6.45, 7) is 2.25. The van der Waals surface area contributed by atoms with Crippen molar-refractivity contribution in [2.45, 2.75) is 73.9 Å². The van der Waals surface area contributed by atoms with Crippen molar-refractivity contribution in [3.8, 4) is 0 Å². The van der Waals surface area contributed by atoms with Crippen LogP contribution in [0, 0.1) is 11.8 Å². The van der Waals surface area contributed by atoms with Crippen molar-refractivity contribution in [3.05, 3.63) is 47.1 Å². The van der Waals surface area contributed by atoms with Crippen LogP contribution in [0.3, 0.4) is 0 Å². The number of pyridine rings is 1. The zero-order chi connectivity index (χ0) is 31.5. The predicted molar refractivity (Wildman–Crippen MR) is 166 cm³/mol. The van der Waals surface area contributed by atoms with E-state index in [-0.39, 0.29) is 46.2 Å². The highest BCUT2D eigenvalue weighted by atomic mass is 35.5. The van der Waals surface area contributed by atoms with Crippen LogP contribution in [0.5, 0.6) is 0 Å². The Morgan fingerprint density at radius 1 is 1.05 bits per heavy atom. The molecule has 1 aromatic carbocycles. The first-order chi connectivity index (χ1) is 21.0. The van der Waals surface area contributed by atoms with Crippen molar-refractivity contribution in [1.82, 2.24) is 10.3 Å². The summed E-state index contributed by atoms with van der Waals surface area (Å²) >= 11 is 6.24. The summed E-state index contributed by atoms with van der Waals surface area (Å²) < 4.78 is 58.4. The molecule has 0 spiro atoms. The Morgan fingerprint density at radius 3 is 2.34 bits per heavy atom. The minimum Gasteiger partial charge on any atom is -0.356 e. The van der Waals surface area contributed by atoms with Crippen molar-refractivity contribution in [2.24, 2.45) is 17.6 Å². The van der Waals surface area contributed by atoms with Gasteiger partial charge in [0.05, 0.1) is 10.1 Å². The van der Waals surface area contributed by atoms with Gasteiger partial charge in [0, 0.05) is 55.7 Å². The second-order valence-corrected chi connectivity index (χ2v) is 14.6. The molecule has 240 valence electrons. The Kier molecular flexibility index (Phi) is 10.1. The lowest BCUT2D eigenvalue weighted by Gasteiger charge is -2.35. The molecular formula is C31H40ClF2N5O4S. The molecule has 2 saturated heterocycles. The third kappa shape index (κ3) is 7.02. The summed E-state index contributed by atoms with van der Waals surface area (Å²) in [6, 6.07) is 9.02. The average Bonchev–Trinajstić information content (AvgIpc) is 3.46. The normalized spacial score (nSPS) is 22.0. The van der Waals surface area contributed by atoms with Gasteiger partial charge in [0.25, 0.3) is 5.92 Å². The van der Waals surface area contributed by atoms with Gasteiger partial charge in [0.1, 0.15) is 11.0 Å². The Labute approximate surface area is 262 Å². The van der Waals surface area contributed by atoms with Crippen molar-refractivity contribution in [1.29, 1.82) is 0 Å². The van der Waals surface area contributed by atoms with Gasteiger partial charge < -0.3 is 20.9 Å². The maximum atomic E-state index is 15.8. The van der Waals surface area contributed by atoms with Crippen LogP contribution in [-0.4, -0.2) is 63.2 Å². The molecule has 1 aromatic heterocycles. The molecule has 3 aliphatic rings. The van der Waals surface area contributed by atoms with E-state index in [1.807, 2.05) is 4.90 Å². The molecule has 1 aliphatic carbocycles. The summed E-state index contributed by atoms with van der Waals surface area (Å²) in [6.07, 6.45) is 3.80. The van der Waals surface area contributed by atoms with Crippen molar-refractivity contribution in [3.63, 3.8) is 0 Å². The number of hydrogen-bond acceptors (Lipinski definition) is 7. The number of benzene rings is 1. The number of halogens is 3. The van der Waals surface area contributed by atoms with Crippen LogP contribution in [0.2, 0.25) is 5.15 Å². The third-order valence-corrected chi connectivity index (χ3v) is 11.7. The van der Waals surface area contributed by atoms with Gasteiger partial charge in [0.2, 0.25) is 11.8 Å². The first-order valence-corrected chi connectivity index (χ1v) is 17.4. The lowest BCUT2D eigenvalue weighted by atomic mass is 9.77. The number of sulfone groups is 1. The van der Waals surface area contributed by atoms with Gasteiger partial charge in [0.15, 0.2) is 9.84 Å². The Morgan fingerprint density at radius 2 is 1.73 bits per heavy atom. The number of anilines is 2. The predicted octanol–water partition coefficient (Wildman–Crippen LogP) is 4.67. The van der Waals surface area contributed by atoms with Crippen molar-refractivity contribution in [2.75, 3.05) is 42.5 Å². The largest absolute Gasteiger partial charge is 0.356 e. The van der Waals surface area contributed by atoms with Gasteiger partial charge in [-0.25, -0.2) is 22.2 Å². The van der Waals surface area contributed by atoms with E-state index in [9.17, 15) is 18.0 Å². The number of nitrogens with zero attached hydrogens (tertiary/aromatic N) is 3. The number of alkyl halides is 2. The molecule has 1 saturated carbocycles. The number of nitrogens with two attached hydrogens (primary N) is 1. The molecule has 3 N–H and O–H groups in total. The number of rotatable bonds is 10. The van der Waals surface area contributed by atoms with E-state index in [2.05, 4.69) is 10.3 Å². The number of aromatic nitrogens is 1. The Balaban J connectivity index is 1.20. The molecular weight excluding hydrogens is 612 g/mol. The van der Waals surface area contributed by atoms with Crippen LogP contribution in [0.4, 0.5) is 20.3 Å². The second-order valence-electron chi connectivity index (χ2n) is 12.0. The topological polar surface area (TPSA) is 126 Å². The molecule has 2 amide bonds. The first kappa shape index (κ1) is 32.6. The number of hydrogen-bond donors (Lipinski definition) is 2. The minimum atomic E-state index is -3.62. The Bertz CT molecular complexity index is 1440. The van der Waals surface area contributed by atoms with Gasteiger partial charge in [-0.05, 0) is 94.3 Å². The third-order valence-electron chi connectivity index (χ3n) is 9.21. The lowest BCUT2D eigenvalue weighted by molar-refractivity contribution is -0.129. The van der Waals surface area contributed by atoms with E-state index in [4.69, 9.17) is 17.3 Å². The highest BCUT2D eigenvalue weighted by Crippen LogP contribution is 2.46. The number of carbonyl (C=O) groups is 2. The maximum absolute atomic E-state index is 15.8. The molecule has 5 rings (SSSR count). The van der Waals surface area contributed by atoms with Crippen LogP contribution in [0.1, 0.15) is 63.4 Å². The minimum absolute atomic E-state index is 0.0367. The van der Waals surface area contributed by atoms with E-state index in [1.165, 1.54) is 12.1 Å². The van der Waals surface area contributed by atoms with E-state index in [0.717, 1.165) is 6.42 Å². The molecule has 2 aliphatic heterocycles. The van der Waals surface area contributed by atoms with E-state index >= 15 is 8.78 Å². The molecule has 9 nitrogen and oxygen atoms in total. The average molecular weight is 652 g/mol. The Hall–Kier alpha value is -2.83. The monoisotopic (exact) mass is 651 g/mol. The number of amides is 2. The molecule has 2 aromatic rings. The fourth-order valence-corrected chi connectivity index (χ4v) is 8.51. The zero-order valence-corrected chi connectivity index (χ0v) is 26.3. The van der Waals surface area contributed by atoms with Crippen LogP contribution >= 0.6 is 11.6 Å². The summed E-state index contributed by atoms with van der Waals surface area (Å²) in [4.78, 5) is 32.4. The van der Waals surface area contributed by atoms with Gasteiger partial charge in [-0.15, -0.1) is 0 Å². The maximum Gasteiger partial charge on any atom is 0.276 e. The van der Waals surface area contributed by atoms with E-state index in [1.54, 1.807) is 29.2 Å². The highest BCUT2D eigenvalue weighted by Gasteiger charge is 2.44. The fourth-order valence-electron chi connectivity index (χ4n) is 6.57. The van der Waals surface area contributed by atoms with Crippen LogP contribution in [-0.2, 0) is 25.3 Å². The standard InChI is InChI=1S/C31H40ClF2N5O4S/c32-27-19-23(31(33,34)22-6-4-21(5-7-22)30(41)36-15-2-14-35)20-28(37-27)38-17-12-26(13-18-38)44(42,43)25-10-8-24(9-11-25)39-16-1-3-29(39)40/h8-11,19-22,26H,1-7,12-18,35H2,(H,36,41). The summed E-state index contributed by atoms with van der Waals surface area (Å²) in [5, 5.41) is 2.17. The quantitative estimate of drug-likeness (QED) is 0.283. The van der Waals surface area contributed by atoms with E-state index in [0.29, 0.717) is 82.8 Å². The van der Waals surface area contributed by atoms with Gasteiger partial charge in [-0.3, -0.25) is 9.59 Å². The SMILES string of the molecule is NCCCNC(=O)C1CCC(C(F)(F)c2cc(Cl)nc(N3CCC(S(=O)(=O)c4ccc(N5CCCC5=O)cc4)CC3)c2)CC1. The summed E-state index contributed by atoms with van der Waals surface area (Å²) in [7, 11) is -3.62. The fraction of sp³-hybridized carbons (Fsp3) is 0.581. The van der Waals surface area contributed by atoms with Gasteiger partial charge in [-0.2, -0.15) is 0 Å².